The molecule has 4 heteroatoms. The molecule has 3 nitrogen and oxygen atoms in total. The Bertz CT molecular complexity index is 663. The number of rotatable bonds is 4. The van der Waals surface area contributed by atoms with Crippen LogP contribution in [0.4, 0.5) is 0 Å². The minimum absolute atomic E-state index is 0.259. The zero-order valence-corrected chi connectivity index (χ0v) is 11.2. The Balaban J connectivity index is 2.71. The minimum atomic E-state index is -3.66. The van der Waals surface area contributed by atoms with Gasteiger partial charge in [-0.05, 0) is 35.2 Å². The predicted molar refractivity (Wildman–Crippen MR) is 73.9 cm³/mol. The van der Waals surface area contributed by atoms with E-state index in [1.165, 1.54) is 0 Å². The lowest BCUT2D eigenvalue weighted by molar-refractivity contribution is 0.596. The quantitative estimate of drug-likeness (QED) is 0.922. The molecule has 2 aromatic carbocycles. The van der Waals surface area contributed by atoms with E-state index in [2.05, 4.69) is 6.92 Å². The lowest BCUT2D eigenvalue weighted by atomic mass is 10.0. The van der Waals surface area contributed by atoms with E-state index < -0.39 is 10.0 Å². The van der Waals surface area contributed by atoms with Crippen LogP contribution in [0.5, 0.6) is 0 Å². The molecule has 2 N–H and O–H groups in total. The Morgan fingerprint density at radius 1 is 1.11 bits per heavy atom. The highest BCUT2D eigenvalue weighted by Crippen LogP contribution is 2.26. The average Bonchev–Trinajstić information content (AvgIpc) is 2.34. The van der Waals surface area contributed by atoms with Gasteiger partial charge in [0.25, 0.3) is 0 Å². The second-order valence-electron chi connectivity index (χ2n) is 4.41. The van der Waals surface area contributed by atoms with Crippen LogP contribution in [0.3, 0.4) is 0 Å². The van der Waals surface area contributed by atoms with Crippen LogP contribution in [-0.4, -0.2) is 8.42 Å². The molecule has 0 saturated carbocycles. The normalized spacial score (nSPS) is 11.9. The zero-order chi connectivity index (χ0) is 13.2. The van der Waals surface area contributed by atoms with Crippen molar-refractivity contribution in [2.24, 2.45) is 5.14 Å². The first-order chi connectivity index (χ1) is 8.54. The zero-order valence-electron chi connectivity index (χ0n) is 10.4. The van der Waals surface area contributed by atoms with Gasteiger partial charge in [0.15, 0.2) is 0 Å². The van der Waals surface area contributed by atoms with Crippen LogP contribution in [0.2, 0.25) is 0 Å². The molecule has 0 aliphatic heterocycles. The minimum Gasteiger partial charge on any atom is -0.225 e. The second-order valence-corrected chi connectivity index (χ2v) is 5.94. The van der Waals surface area contributed by atoms with Gasteiger partial charge in [-0.1, -0.05) is 43.7 Å². The van der Waals surface area contributed by atoms with Gasteiger partial charge in [-0.15, -0.1) is 0 Å². The first kappa shape index (κ1) is 13.1. The van der Waals surface area contributed by atoms with Gasteiger partial charge in [0.05, 0.1) is 4.90 Å². The average molecular weight is 263 g/mol. The predicted octanol–water partition coefficient (Wildman–Crippen LogP) is 2.83. The van der Waals surface area contributed by atoms with E-state index in [1.807, 2.05) is 30.3 Å². The molecule has 0 bridgehead atoms. The molecular weight excluding hydrogens is 246 g/mol. The van der Waals surface area contributed by atoms with Crippen molar-refractivity contribution in [2.75, 3.05) is 0 Å². The van der Waals surface area contributed by atoms with Crippen molar-refractivity contribution in [3.63, 3.8) is 0 Å². The van der Waals surface area contributed by atoms with Gasteiger partial charge in [-0.2, -0.15) is 0 Å². The van der Waals surface area contributed by atoms with E-state index in [0.29, 0.717) is 0 Å². The summed E-state index contributed by atoms with van der Waals surface area (Å²) in [4.78, 5) is 0.259. The molecular formula is C14H17NO2S. The summed E-state index contributed by atoms with van der Waals surface area (Å²) in [6.07, 6.45) is 2.72. The number of benzene rings is 2. The van der Waals surface area contributed by atoms with Crippen LogP contribution < -0.4 is 5.14 Å². The van der Waals surface area contributed by atoms with E-state index >= 15 is 0 Å². The monoisotopic (exact) mass is 263 g/mol. The Hall–Kier alpha value is -1.39. The number of unbranched alkanes of at least 4 members (excludes halogenated alkanes) is 1. The Morgan fingerprint density at radius 2 is 1.83 bits per heavy atom. The van der Waals surface area contributed by atoms with Gasteiger partial charge in [0.2, 0.25) is 10.0 Å². The third kappa shape index (κ3) is 2.54. The van der Waals surface area contributed by atoms with Crippen LogP contribution in [0.15, 0.2) is 41.3 Å². The molecule has 0 aromatic heterocycles. The highest BCUT2D eigenvalue weighted by molar-refractivity contribution is 7.89. The van der Waals surface area contributed by atoms with E-state index in [9.17, 15) is 8.42 Å². The van der Waals surface area contributed by atoms with Crippen LogP contribution >= 0.6 is 0 Å². The fourth-order valence-corrected chi connectivity index (χ4v) is 3.01. The summed E-state index contributed by atoms with van der Waals surface area (Å²) < 4.78 is 23.3. The Morgan fingerprint density at radius 3 is 2.50 bits per heavy atom. The molecule has 0 heterocycles. The summed E-state index contributed by atoms with van der Waals surface area (Å²) in [7, 11) is -3.66. The van der Waals surface area contributed by atoms with Gasteiger partial charge >= 0.3 is 0 Å². The van der Waals surface area contributed by atoms with Crippen molar-refractivity contribution in [1.82, 2.24) is 0 Å². The molecule has 0 aliphatic carbocycles. The maximum absolute atomic E-state index is 11.6. The number of fused-ring (bicyclic) bond motifs is 1. The summed E-state index contributed by atoms with van der Waals surface area (Å²) in [5, 5.41) is 7.33. The van der Waals surface area contributed by atoms with Crippen LogP contribution in [-0.2, 0) is 16.4 Å². The fourth-order valence-electron chi connectivity index (χ4n) is 2.19. The topological polar surface area (TPSA) is 60.2 Å². The van der Waals surface area contributed by atoms with Gasteiger partial charge in [0.1, 0.15) is 0 Å². The van der Waals surface area contributed by atoms with Gasteiger partial charge < -0.3 is 0 Å². The smallest absolute Gasteiger partial charge is 0.225 e. The van der Waals surface area contributed by atoms with Crippen molar-refractivity contribution in [3.8, 4) is 0 Å². The molecule has 0 spiro atoms. The van der Waals surface area contributed by atoms with Crippen molar-refractivity contribution in [3.05, 3.63) is 42.0 Å². The van der Waals surface area contributed by atoms with Crippen LogP contribution in [0.25, 0.3) is 10.8 Å². The Labute approximate surface area is 108 Å². The molecule has 0 atom stereocenters. The molecule has 18 heavy (non-hydrogen) atoms. The fraction of sp³-hybridized carbons (Fsp3) is 0.286. The van der Waals surface area contributed by atoms with Gasteiger partial charge in [-0.3, -0.25) is 0 Å². The highest BCUT2D eigenvalue weighted by Gasteiger charge is 2.15. The summed E-state index contributed by atoms with van der Waals surface area (Å²) in [5.41, 5.74) is 0.845. The number of hydrogen-bond donors (Lipinski definition) is 1. The van der Waals surface area contributed by atoms with E-state index in [-0.39, 0.29) is 4.90 Å². The standard InChI is InChI=1S/C14H17NO2S/c1-2-3-7-13-12-8-5-4-6-11(12)9-10-14(13)18(15,16)17/h4-6,8-10H,2-3,7H2,1H3,(H2,15,16,17). The molecule has 0 unspecified atom stereocenters. The molecule has 0 aliphatic rings. The summed E-state index contributed by atoms with van der Waals surface area (Å²) in [5.74, 6) is 0. The summed E-state index contributed by atoms with van der Waals surface area (Å²) >= 11 is 0. The van der Waals surface area contributed by atoms with Crippen molar-refractivity contribution in [1.29, 1.82) is 0 Å². The Kier molecular flexibility index (Phi) is 3.68. The summed E-state index contributed by atoms with van der Waals surface area (Å²) in [6, 6.07) is 11.2. The van der Waals surface area contributed by atoms with Crippen LogP contribution in [0, 0.1) is 0 Å². The van der Waals surface area contributed by atoms with Crippen molar-refractivity contribution < 1.29 is 8.42 Å². The number of sulfonamides is 1. The summed E-state index contributed by atoms with van der Waals surface area (Å²) in [6.45, 7) is 2.09. The number of nitrogens with two attached hydrogens (primary N) is 1. The molecule has 96 valence electrons. The van der Waals surface area contributed by atoms with E-state index in [0.717, 1.165) is 35.6 Å². The number of primary sulfonamides is 1. The number of hydrogen-bond acceptors (Lipinski definition) is 2. The maximum Gasteiger partial charge on any atom is 0.238 e. The largest absolute Gasteiger partial charge is 0.238 e. The lowest BCUT2D eigenvalue weighted by Gasteiger charge is -2.11. The second kappa shape index (κ2) is 5.08. The molecule has 0 radical (unpaired) electrons. The first-order valence-electron chi connectivity index (χ1n) is 6.07. The van der Waals surface area contributed by atoms with Crippen molar-refractivity contribution >= 4 is 20.8 Å². The third-order valence-corrected chi connectivity index (χ3v) is 4.08. The van der Waals surface area contributed by atoms with Crippen LogP contribution in [0.1, 0.15) is 25.3 Å². The maximum atomic E-state index is 11.6. The van der Waals surface area contributed by atoms with E-state index in [1.54, 1.807) is 6.07 Å². The molecule has 2 rings (SSSR count). The SMILES string of the molecule is CCCCc1c(S(N)(=O)=O)ccc2ccccc12. The van der Waals surface area contributed by atoms with E-state index in [4.69, 9.17) is 5.14 Å². The lowest BCUT2D eigenvalue weighted by Crippen LogP contribution is -2.14. The highest BCUT2D eigenvalue weighted by atomic mass is 32.2. The van der Waals surface area contributed by atoms with Gasteiger partial charge in [0, 0.05) is 0 Å². The third-order valence-electron chi connectivity index (χ3n) is 3.08. The molecule has 0 saturated heterocycles. The van der Waals surface area contributed by atoms with Crippen molar-refractivity contribution in [2.45, 2.75) is 31.1 Å². The molecule has 0 amide bonds. The number of aryl methyl sites for hydroxylation is 1. The van der Waals surface area contributed by atoms with Gasteiger partial charge in [-0.25, -0.2) is 13.6 Å². The molecule has 0 fully saturated rings. The molecule has 2 aromatic rings. The first-order valence-corrected chi connectivity index (χ1v) is 7.62.